The Morgan fingerprint density at radius 1 is 1.21 bits per heavy atom. The SMILES string of the molecule is C[C@@H](NC(=O)OC(C)(C)C)c1cccc(C(F)(F)F)c1OC1CC(C(=O)O)C1. The molecule has 1 aromatic rings. The Balaban J connectivity index is 2.25. The zero-order valence-corrected chi connectivity index (χ0v) is 16.1. The zero-order chi connectivity index (χ0) is 21.3. The molecule has 0 radical (unpaired) electrons. The van der Waals surface area contributed by atoms with E-state index in [9.17, 15) is 22.8 Å². The number of nitrogens with one attached hydrogen (secondary N) is 1. The highest BCUT2D eigenvalue weighted by Gasteiger charge is 2.40. The maximum Gasteiger partial charge on any atom is 0.419 e. The smallest absolute Gasteiger partial charge is 0.419 e. The van der Waals surface area contributed by atoms with Gasteiger partial charge >= 0.3 is 18.2 Å². The molecule has 2 rings (SSSR count). The number of carboxylic acid groups (broad SMARTS) is 1. The molecule has 0 aromatic heterocycles. The van der Waals surface area contributed by atoms with Gasteiger partial charge in [0.25, 0.3) is 0 Å². The number of rotatable bonds is 5. The summed E-state index contributed by atoms with van der Waals surface area (Å²) in [7, 11) is 0. The molecule has 1 amide bonds. The summed E-state index contributed by atoms with van der Waals surface area (Å²) in [5.74, 6) is -2.01. The molecule has 0 saturated heterocycles. The number of alkyl carbamates (subject to hydrolysis) is 1. The molecule has 1 aromatic carbocycles. The van der Waals surface area contributed by atoms with Crippen LogP contribution in [0.4, 0.5) is 18.0 Å². The molecule has 0 unspecified atom stereocenters. The molecule has 2 N–H and O–H groups in total. The summed E-state index contributed by atoms with van der Waals surface area (Å²) in [6.45, 7) is 6.54. The van der Waals surface area contributed by atoms with Crippen LogP contribution >= 0.6 is 0 Å². The van der Waals surface area contributed by atoms with Gasteiger partial charge in [0.1, 0.15) is 17.5 Å². The van der Waals surface area contributed by atoms with Gasteiger partial charge in [-0.25, -0.2) is 4.79 Å². The predicted molar refractivity (Wildman–Crippen MR) is 94.0 cm³/mol. The van der Waals surface area contributed by atoms with Crippen molar-refractivity contribution in [2.45, 2.75) is 64.5 Å². The van der Waals surface area contributed by atoms with E-state index in [-0.39, 0.29) is 18.4 Å². The fourth-order valence-electron chi connectivity index (χ4n) is 2.84. The van der Waals surface area contributed by atoms with Gasteiger partial charge in [0.2, 0.25) is 0 Å². The molecule has 1 aliphatic carbocycles. The molecule has 0 heterocycles. The average molecular weight is 403 g/mol. The van der Waals surface area contributed by atoms with Gasteiger partial charge in [-0.3, -0.25) is 4.79 Å². The number of hydrogen-bond donors (Lipinski definition) is 2. The highest BCUT2D eigenvalue weighted by molar-refractivity contribution is 5.71. The Morgan fingerprint density at radius 2 is 1.82 bits per heavy atom. The number of aliphatic carboxylic acids is 1. The van der Waals surface area contributed by atoms with Gasteiger partial charge in [0, 0.05) is 5.56 Å². The molecule has 0 spiro atoms. The summed E-state index contributed by atoms with van der Waals surface area (Å²) in [4.78, 5) is 22.9. The van der Waals surface area contributed by atoms with Crippen LogP contribution in [-0.2, 0) is 15.7 Å². The standard InChI is InChI=1S/C19H24F3NO5/c1-10(23-17(26)28-18(2,3)4)13-6-5-7-14(19(20,21)22)15(13)27-12-8-11(9-12)16(24)25/h5-7,10-12H,8-9H2,1-4H3,(H,23,26)(H,24,25)/t10-,11?,12?/m1/s1. The molecule has 9 heteroatoms. The molecule has 0 bridgehead atoms. The van der Waals surface area contributed by atoms with Crippen molar-refractivity contribution in [1.29, 1.82) is 0 Å². The summed E-state index contributed by atoms with van der Waals surface area (Å²) in [6, 6.07) is 2.74. The van der Waals surface area contributed by atoms with Crippen molar-refractivity contribution < 1.29 is 37.3 Å². The Bertz CT molecular complexity index is 736. The highest BCUT2D eigenvalue weighted by atomic mass is 19.4. The Kier molecular flexibility index (Phi) is 6.15. The molecule has 1 aliphatic rings. The van der Waals surface area contributed by atoms with Crippen LogP contribution in [0.2, 0.25) is 0 Å². The zero-order valence-electron chi connectivity index (χ0n) is 16.1. The molecule has 6 nitrogen and oxygen atoms in total. The first-order valence-electron chi connectivity index (χ1n) is 8.87. The summed E-state index contributed by atoms with van der Waals surface area (Å²) >= 11 is 0. The third-order valence-electron chi connectivity index (χ3n) is 4.28. The fraction of sp³-hybridized carbons (Fsp3) is 0.579. The topological polar surface area (TPSA) is 84.9 Å². The number of benzene rings is 1. The number of halogens is 3. The number of amides is 1. The van der Waals surface area contributed by atoms with E-state index in [1.165, 1.54) is 19.1 Å². The van der Waals surface area contributed by atoms with Crippen LogP contribution in [0, 0.1) is 5.92 Å². The van der Waals surface area contributed by atoms with E-state index in [4.69, 9.17) is 14.6 Å². The molecule has 1 atom stereocenters. The van der Waals surface area contributed by atoms with Gasteiger partial charge in [-0.05, 0) is 46.6 Å². The van der Waals surface area contributed by atoms with Crippen LogP contribution in [0.25, 0.3) is 0 Å². The summed E-state index contributed by atoms with van der Waals surface area (Å²) in [6.07, 6.45) is -5.79. The Labute approximate surface area is 161 Å². The van der Waals surface area contributed by atoms with Gasteiger partial charge in [0.05, 0.1) is 17.5 Å². The lowest BCUT2D eigenvalue weighted by Crippen LogP contribution is -2.39. The van der Waals surface area contributed by atoms with Crippen molar-refractivity contribution in [1.82, 2.24) is 5.32 Å². The van der Waals surface area contributed by atoms with Crippen LogP contribution < -0.4 is 10.1 Å². The Hall–Kier alpha value is -2.45. The normalized spacial score (nSPS) is 20.7. The van der Waals surface area contributed by atoms with Crippen molar-refractivity contribution in [3.05, 3.63) is 29.3 Å². The van der Waals surface area contributed by atoms with Gasteiger partial charge in [-0.15, -0.1) is 0 Å². The number of para-hydroxylation sites is 1. The number of ether oxygens (including phenoxy) is 2. The lowest BCUT2D eigenvalue weighted by atomic mass is 9.82. The van der Waals surface area contributed by atoms with E-state index in [0.717, 1.165) is 6.07 Å². The first kappa shape index (κ1) is 21.8. The molecule has 1 fully saturated rings. The monoisotopic (exact) mass is 403 g/mol. The summed E-state index contributed by atoms with van der Waals surface area (Å²) in [5.41, 5.74) is -1.59. The van der Waals surface area contributed by atoms with Crippen molar-refractivity contribution >= 4 is 12.1 Å². The highest BCUT2D eigenvalue weighted by Crippen LogP contribution is 2.42. The van der Waals surface area contributed by atoms with Gasteiger partial charge in [0.15, 0.2) is 0 Å². The first-order chi connectivity index (χ1) is 12.8. The molecular weight excluding hydrogens is 379 g/mol. The number of carboxylic acids is 1. The second kappa shape index (κ2) is 7.89. The minimum Gasteiger partial charge on any atom is -0.489 e. The molecule has 0 aliphatic heterocycles. The molecule has 28 heavy (non-hydrogen) atoms. The average Bonchev–Trinajstić information content (AvgIpc) is 2.46. The third kappa shape index (κ3) is 5.53. The number of carbonyl (C=O) groups is 2. The molecular formula is C19H24F3NO5. The second-order valence-electron chi connectivity index (χ2n) is 7.84. The van der Waals surface area contributed by atoms with Gasteiger partial charge < -0.3 is 19.9 Å². The van der Waals surface area contributed by atoms with E-state index in [2.05, 4.69) is 5.32 Å². The largest absolute Gasteiger partial charge is 0.489 e. The van der Waals surface area contributed by atoms with E-state index in [1.54, 1.807) is 20.8 Å². The van der Waals surface area contributed by atoms with E-state index in [1.807, 2.05) is 0 Å². The lowest BCUT2D eigenvalue weighted by Gasteiger charge is -2.34. The Morgan fingerprint density at radius 3 is 2.32 bits per heavy atom. The molecule has 1 saturated carbocycles. The van der Waals surface area contributed by atoms with Crippen molar-refractivity contribution in [3.8, 4) is 5.75 Å². The maximum atomic E-state index is 13.5. The number of hydrogen-bond acceptors (Lipinski definition) is 4. The minimum atomic E-state index is -4.66. The molecule has 156 valence electrons. The van der Waals surface area contributed by atoms with Crippen molar-refractivity contribution in [2.75, 3.05) is 0 Å². The van der Waals surface area contributed by atoms with Crippen LogP contribution in [0.5, 0.6) is 5.75 Å². The van der Waals surface area contributed by atoms with Crippen molar-refractivity contribution in [3.63, 3.8) is 0 Å². The predicted octanol–water partition coefficient (Wildman–Crippen LogP) is 4.53. The van der Waals surface area contributed by atoms with Gasteiger partial charge in [-0.2, -0.15) is 13.2 Å². The third-order valence-corrected chi connectivity index (χ3v) is 4.28. The first-order valence-corrected chi connectivity index (χ1v) is 8.87. The lowest BCUT2D eigenvalue weighted by molar-refractivity contribution is -0.149. The van der Waals surface area contributed by atoms with Crippen LogP contribution in [-0.4, -0.2) is 28.9 Å². The number of carbonyl (C=O) groups excluding carboxylic acids is 1. The summed E-state index contributed by atoms with van der Waals surface area (Å²) in [5, 5.41) is 11.4. The summed E-state index contributed by atoms with van der Waals surface area (Å²) < 4.78 is 51.1. The maximum absolute atomic E-state index is 13.5. The van der Waals surface area contributed by atoms with E-state index in [0.29, 0.717) is 0 Å². The van der Waals surface area contributed by atoms with Gasteiger partial charge in [-0.1, -0.05) is 12.1 Å². The van der Waals surface area contributed by atoms with E-state index >= 15 is 0 Å². The minimum absolute atomic E-state index is 0.134. The second-order valence-corrected chi connectivity index (χ2v) is 7.84. The quantitative estimate of drug-likeness (QED) is 0.754. The fourth-order valence-corrected chi connectivity index (χ4v) is 2.84. The van der Waals surface area contributed by atoms with Crippen molar-refractivity contribution in [2.24, 2.45) is 5.92 Å². The van der Waals surface area contributed by atoms with Crippen LogP contribution in [0.1, 0.15) is 57.7 Å². The van der Waals surface area contributed by atoms with E-state index < -0.39 is 53.2 Å². The van der Waals surface area contributed by atoms with Crippen LogP contribution in [0.3, 0.4) is 0 Å². The number of alkyl halides is 3. The van der Waals surface area contributed by atoms with Crippen LogP contribution in [0.15, 0.2) is 18.2 Å².